The first-order valence-electron chi connectivity index (χ1n) is 6.36. The second-order valence-electron chi connectivity index (χ2n) is 4.50. The van der Waals surface area contributed by atoms with Crippen LogP contribution < -0.4 is 4.90 Å². The molecule has 0 radical (unpaired) electrons. The Labute approximate surface area is 113 Å². The molecule has 1 aromatic rings. The van der Waals surface area contributed by atoms with Crippen LogP contribution in [-0.2, 0) is 4.74 Å². The van der Waals surface area contributed by atoms with E-state index >= 15 is 0 Å². The second-order valence-corrected chi connectivity index (χ2v) is 4.90. The lowest BCUT2D eigenvalue weighted by molar-refractivity contribution is 0.112. The average Bonchev–Trinajstić information content (AvgIpc) is 2.88. The molecule has 0 spiro atoms. The molecule has 1 heterocycles. The van der Waals surface area contributed by atoms with Gasteiger partial charge in [0.05, 0.1) is 11.1 Å². The Balaban J connectivity index is 2.11. The van der Waals surface area contributed by atoms with Gasteiger partial charge < -0.3 is 9.64 Å². The van der Waals surface area contributed by atoms with Gasteiger partial charge in [0.25, 0.3) is 0 Å². The lowest BCUT2D eigenvalue weighted by atomic mass is 10.2. The lowest BCUT2D eigenvalue weighted by Crippen LogP contribution is -2.32. The third-order valence-corrected chi connectivity index (χ3v) is 3.63. The van der Waals surface area contributed by atoms with E-state index in [0.717, 1.165) is 44.5 Å². The van der Waals surface area contributed by atoms with Crippen molar-refractivity contribution in [2.45, 2.75) is 25.9 Å². The molecule has 0 N–H and O–H groups in total. The number of carbonyl (C=O) groups is 1. The van der Waals surface area contributed by atoms with E-state index in [-0.39, 0.29) is 0 Å². The molecule has 4 heteroatoms. The summed E-state index contributed by atoms with van der Waals surface area (Å²) in [5.41, 5.74) is 1.58. The maximum Gasteiger partial charge on any atom is 0.151 e. The zero-order valence-corrected chi connectivity index (χ0v) is 11.3. The Bertz CT molecular complexity index is 416. The molecule has 0 saturated carbocycles. The van der Waals surface area contributed by atoms with Crippen LogP contribution in [0.3, 0.4) is 0 Å². The standard InChI is InChI=1S/C14H18ClNO2/c1-2-16(9-13-4-3-7-18-13)12-6-5-11(10-17)14(15)8-12/h5-6,8,10,13H,2-4,7,9H2,1H3. The predicted octanol–water partition coefficient (Wildman–Crippen LogP) is 3.16. The van der Waals surface area contributed by atoms with Crippen LogP contribution in [0.5, 0.6) is 0 Å². The number of hydrogen-bond acceptors (Lipinski definition) is 3. The van der Waals surface area contributed by atoms with Gasteiger partial charge in [0, 0.05) is 30.9 Å². The van der Waals surface area contributed by atoms with Crippen LogP contribution >= 0.6 is 11.6 Å². The quantitative estimate of drug-likeness (QED) is 0.768. The van der Waals surface area contributed by atoms with E-state index in [4.69, 9.17) is 16.3 Å². The number of rotatable bonds is 5. The lowest BCUT2D eigenvalue weighted by Gasteiger charge is -2.26. The minimum absolute atomic E-state index is 0.314. The number of carbonyl (C=O) groups excluding carboxylic acids is 1. The molecule has 0 aliphatic carbocycles. The molecule has 98 valence electrons. The molecule has 2 rings (SSSR count). The Kier molecular flexibility index (Phi) is 4.61. The van der Waals surface area contributed by atoms with Gasteiger partial charge in [0.15, 0.2) is 6.29 Å². The van der Waals surface area contributed by atoms with Crippen LogP contribution in [-0.4, -0.2) is 32.1 Å². The van der Waals surface area contributed by atoms with E-state index in [2.05, 4.69) is 11.8 Å². The van der Waals surface area contributed by atoms with E-state index < -0.39 is 0 Å². The Morgan fingerprint density at radius 2 is 2.39 bits per heavy atom. The first kappa shape index (κ1) is 13.4. The zero-order valence-electron chi connectivity index (χ0n) is 10.6. The molecule has 1 unspecified atom stereocenters. The molecule has 1 saturated heterocycles. The van der Waals surface area contributed by atoms with Crippen molar-refractivity contribution in [2.24, 2.45) is 0 Å². The van der Waals surface area contributed by atoms with E-state index in [1.54, 1.807) is 6.07 Å². The summed E-state index contributed by atoms with van der Waals surface area (Å²) in [6.45, 7) is 4.76. The largest absolute Gasteiger partial charge is 0.376 e. The molecule has 1 atom stereocenters. The zero-order chi connectivity index (χ0) is 13.0. The smallest absolute Gasteiger partial charge is 0.151 e. The van der Waals surface area contributed by atoms with Crippen molar-refractivity contribution >= 4 is 23.6 Å². The van der Waals surface area contributed by atoms with Gasteiger partial charge in [-0.25, -0.2) is 0 Å². The molecule has 0 bridgehead atoms. The van der Waals surface area contributed by atoms with Gasteiger partial charge in [-0.3, -0.25) is 4.79 Å². The van der Waals surface area contributed by atoms with Crippen LogP contribution in [0.1, 0.15) is 30.1 Å². The normalized spacial score (nSPS) is 18.9. The number of anilines is 1. The highest BCUT2D eigenvalue weighted by atomic mass is 35.5. The maximum absolute atomic E-state index is 10.7. The minimum atomic E-state index is 0.314. The number of hydrogen-bond donors (Lipinski definition) is 0. The van der Waals surface area contributed by atoms with Gasteiger partial charge in [-0.15, -0.1) is 0 Å². The van der Waals surface area contributed by atoms with Crippen LogP contribution in [0.25, 0.3) is 0 Å². The van der Waals surface area contributed by atoms with Gasteiger partial charge in [-0.1, -0.05) is 11.6 Å². The first-order valence-corrected chi connectivity index (χ1v) is 6.73. The Morgan fingerprint density at radius 1 is 1.56 bits per heavy atom. The number of halogens is 1. The van der Waals surface area contributed by atoms with Gasteiger partial charge in [-0.05, 0) is 38.0 Å². The fraction of sp³-hybridized carbons (Fsp3) is 0.500. The van der Waals surface area contributed by atoms with E-state index in [1.807, 2.05) is 12.1 Å². The molecule has 1 aliphatic rings. The molecule has 1 aromatic carbocycles. The van der Waals surface area contributed by atoms with Crippen molar-refractivity contribution in [2.75, 3.05) is 24.6 Å². The highest BCUT2D eigenvalue weighted by molar-refractivity contribution is 6.33. The van der Waals surface area contributed by atoms with E-state index in [1.165, 1.54) is 0 Å². The number of aldehydes is 1. The third kappa shape index (κ3) is 3.03. The summed E-state index contributed by atoms with van der Waals surface area (Å²) in [5, 5.41) is 0.508. The van der Waals surface area contributed by atoms with Crippen molar-refractivity contribution in [3.05, 3.63) is 28.8 Å². The second kappa shape index (κ2) is 6.21. The summed E-state index contributed by atoms with van der Waals surface area (Å²) < 4.78 is 5.65. The topological polar surface area (TPSA) is 29.5 Å². The molecule has 1 aliphatic heterocycles. The number of nitrogens with zero attached hydrogens (tertiary/aromatic N) is 1. The molecule has 0 aromatic heterocycles. The van der Waals surface area contributed by atoms with Gasteiger partial charge >= 0.3 is 0 Å². The first-order chi connectivity index (χ1) is 8.74. The van der Waals surface area contributed by atoms with Crippen LogP contribution in [0.2, 0.25) is 5.02 Å². The monoisotopic (exact) mass is 267 g/mol. The van der Waals surface area contributed by atoms with Crippen molar-refractivity contribution in [3.8, 4) is 0 Å². The molecular formula is C14H18ClNO2. The molecule has 18 heavy (non-hydrogen) atoms. The summed E-state index contributed by atoms with van der Waals surface area (Å²) in [6.07, 6.45) is 3.36. The van der Waals surface area contributed by atoms with Crippen LogP contribution in [0.4, 0.5) is 5.69 Å². The summed E-state index contributed by atoms with van der Waals surface area (Å²) in [7, 11) is 0. The van der Waals surface area contributed by atoms with E-state index in [9.17, 15) is 4.79 Å². The number of likely N-dealkylation sites (N-methyl/N-ethyl adjacent to an activating group) is 1. The highest BCUT2D eigenvalue weighted by Gasteiger charge is 2.19. The fourth-order valence-electron chi connectivity index (χ4n) is 2.26. The van der Waals surface area contributed by atoms with Crippen molar-refractivity contribution < 1.29 is 9.53 Å². The summed E-state index contributed by atoms with van der Waals surface area (Å²) in [4.78, 5) is 13.0. The Morgan fingerprint density at radius 3 is 2.94 bits per heavy atom. The van der Waals surface area contributed by atoms with Crippen LogP contribution in [0.15, 0.2) is 18.2 Å². The van der Waals surface area contributed by atoms with Crippen LogP contribution in [0, 0.1) is 0 Å². The molecule has 3 nitrogen and oxygen atoms in total. The highest BCUT2D eigenvalue weighted by Crippen LogP contribution is 2.24. The van der Waals surface area contributed by atoms with Gasteiger partial charge in [-0.2, -0.15) is 0 Å². The Hall–Kier alpha value is -1.06. The van der Waals surface area contributed by atoms with Crippen molar-refractivity contribution in [1.82, 2.24) is 0 Å². The fourth-order valence-corrected chi connectivity index (χ4v) is 2.48. The average molecular weight is 268 g/mol. The molecule has 0 amide bonds. The van der Waals surface area contributed by atoms with E-state index in [0.29, 0.717) is 16.7 Å². The summed E-state index contributed by atoms with van der Waals surface area (Å²) >= 11 is 6.06. The molecular weight excluding hydrogens is 250 g/mol. The summed E-state index contributed by atoms with van der Waals surface area (Å²) in [5.74, 6) is 0. The SMILES string of the molecule is CCN(CC1CCCO1)c1ccc(C=O)c(Cl)c1. The summed E-state index contributed by atoms with van der Waals surface area (Å²) in [6, 6.07) is 5.56. The van der Waals surface area contributed by atoms with Crippen molar-refractivity contribution in [3.63, 3.8) is 0 Å². The molecule has 1 fully saturated rings. The number of ether oxygens (including phenoxy) is 1. The predicted molar refractivity (Wildman–Crippen MR) is 73.7 cm³/mol. The minimum Gasteiger partial charge on any atom is -0.376 e. The van der Waals surface area contributed by atoms with Crippen molar-refractivity contribution in [1.29, 1.82) is 0 Å². The number of benzene rings is 1. The third-order valence-electron chi connectivity index (χ3n) is 3.31. The van der Waals surface area contributed by atoms with Gasteiger partial charge in [0.2, 0.25) is 0 Å². The van der Waals surface area contributed by atoms with Gasteiger partial charge in [0.1, 0.15) is 0 Å². The maximum atomic E-state index is 10.7.